The fourth-order valence-electron chi connectivity index (χ4n) is 2.70. The number of rotatable bonds is 10. The lowest BCUT2D eigenvalue weighted by atomic mass is 9.94. The number of carboxylic acids is 3. The number of likely N-dealkylation sites (tertiary alicyclic amines) is 1. The minimum absolute atomic E-state index is 0.383. The topological polar surface area (TPSA) is 204 Å². The van der Waals surface area contributed by atoms with Gasteiger partial charge in [-0.3, -0.25) is 24.0 Å². The van der Waals surface area contributed by atoms with Crippen molar-refractivity contribution in [3.05, 3.63) is 0 Å². The van der Waals surface area contributed by atoms with E-state index in [9.17, 15) is 28.8 Å². The Morgan fingerprint density at radius 3 is 2.15 bits per heavy atom. The second kappa shape index (κ2) is 9.07. The molecule has 0 spiro atoms. The van der Waals surface area contributed by atoms with Crippen molar-refractivity contribution in [1.82, 2.24) is 10.2 Å². The SMILES string of the molecule is C[C@H](N)C(=O)N[C@@H](CC(=O)O)C(=O)[C@H]1CC(=O)N([C@@H](CC(=O)O)C(=O)O)C1. The first-order chi connectivity index (χ1) is 12.4. The van der Waals surface area contributed by atoms with Crippen molar-refractivity contribution in [3.63, 3.8) is 0 Å². The Morgan fingerprint density at radius 1 is 1.15 bits per heavy atom. The van der Waals surface area contributed by atoms with Gasteiger partial charge in [-0.25, -0.2) is 4.79 Å². The van der Waals surface area contributed by atoms with Gasteiger partial charge < -0.3 is 31.3 Å². The molecule has 1 aliphatic rings. The molecule has 0 aromatic carbocycles. The molecule has 12 heteroatoms. The number of hydrogen-bond acceptors (Lipinski definition) is 7. The molecule has 0 aromatic heterocycles. The maximum absolute atomic E-state index is 12.6. The van der Waals surface area contributed by atoms with Gasteiger partial charge in [0.15, 0.2) is 5.78 Å². The molecule has 0 aromatic rings. The molecule has 6 N–H and O–H groups in total. The van der Waals surface area contributed by atoms with E-state index in [1.165, 1.54) is 6.92 Å². The van der Waals surface area contributed by atoms with Crippen LogP contribution in [0.1, 0.15) is 26.2 Å². The molecule has 0 radical (unpaired) electrons. The Labute approximate surface area is 153 Å². The summed E-state index contributed by atoms with van der Waals surface area (Å²) in [6.45, 7) is 0.952. The zero-order valence-corrected chi connectivity index (χ0v) is 14.5. The van der Waals surface area contributed by atoms with Crippen molar-refractivity contribution in [2.45, 2.75) is 44.3 Å². The van der Waals surface area contributed by atoms with Crippen LogP contribution in [0.3, 0.4) is 0 Å². The summed E-state index contributed by atoms with van der Waals surface area (Å²) in [6.07, 6.45) is -1.99. The predicted molar refractivity (Wildman–Crippen MR) is 86.3 cm³/mol. The minimum atomic E-state index is -1.65. The number of nitrogens with two attached hydrogens (primary N) is 1. The van der Waals surface area contributed by atoms with Crippen molar-refractivity contribution >= 4 is 35.5 Å². The smallest absolute Gasteiger partial charge is 0.327 e. The Balaban J connectivity index is 2.96. The number of ketones is 1. The van der Waals surface area contributed by atoms with E-state index in [-0.39, 0.29) is 6.54 Å². The van der Waals surface area contributed by atoms with Gasteiger partial charge in [-0.05, 0) is 6.92 Å². The predicted octanol–water partition coefficient (Wildman–Crippen LogP) is -2.36. The van der Waals surface area contributed by atoms with Crippen LogP contribution in [0.5, 0.6) is 0 Å². The molecule has 1 saturated heterocycles. The van der Waals surface area contributed by atoms with Gasteiger partial charge in [-0.2, -0.15) is 0 Å². The average Bonchev–Trinajstić information content (AvgIpc) is 2.91. The zero-order chi connectivity index (χ0) is 20.9. The Morgan fingerprint density at radius 2 is 1.70 bits per heavy atom. The van der Waals surface area contributed by atoms with Gasteiger partial charge in [-0.15, -0.1) is 0 Å². The summed E-state index contributed by atoms with van der Waals surface area (Å²) < 4.78 is 0. The van der Waals surface area contributed by atoms with Crippen molar-refractivity contribution < 1.29 is 44.1 Å². The van der Waals surface area contributed by atoms with Gasteiger partial charge in [0.1, 0.15) is 6.04 Å². The molecule has 12 nitrogen and oxygen atoms in total. The highest BCUT2D eigenvalue weighted by Crippen LogP contribution is 2.24. The highest BCUT2D eigenvalue weighted by atomic mass is 16.4. The average molecular weight is 387 g/mol. The van der Waals surface area contributed by atoms with Crippen LogP contribution in [0.2, 0.25) is 0 Å². The fourth-order valence-corrected chi connectivity index (χ4v) is 2.70. The first-order valence-electron chi connectivity index (χ1n) is 7.99. The molecule has 2 amide bonds. The van der Waals surface area contributed by atoms with E-state index in [2.05, 4.69) is 5.32 Å². The number of hydrogen-bond donors (Lipinski definition) is 5. The molecule has 0 unspecified atom stereocenters. The number of nitrogens with one attached hydrogen (secondary N) is 1. The molecular formula is C15H21N3O9. The molecule has 1 aliphatic heterocycles. The number of aliphatic carboxylic acids is 3. The van der Waals surface area contributed by atoms with Crippen LogP contribution in [0, 0.1) is 5.92 Å². The van der Waals surface area contributed by atoms with E-state index in [1.807, 2.05) is 0 Å². The van der Waals surface area contributed by atoms with E-state index < -0.39 is 78.8 Å². The number of carboxylic acid groups (broad SMARTS) is 3. The molecule has 1 fully saturated rings. The van der Waals surface area contributed by atoms with E-state index >= 15 is 0 Å². The lowest BCUT2D eigenvalue weighted by Crippen LogP contribution is -2.50. The lowest BCUT2D eigenvalue weighted by molar-refractivity contribution is -0.153. The van der Waals surface area contributed by atoms with Gasteiger partial charge in [0, 0.05) is 18.9 Å². The van der Waals surface area contributed by atoms with Crippen LogP contribution in [0.4, 0.5) is 0 Å². The summed E-state index contributed by atoms with van der Waals surface area (Å²) >= 11 is 0. The molecule has 1 heterocycles. The van der Waals surface area contributed by atoms with Crippen LogP contribution in [0.25, 0.3) is 0 Å². The summed E-state index contributed by atoms with van der Waals surface area (Å²) in [6, 6.07) is -4.09. The van der Waals surface area contributed by atoms with Crippen LogP contribution in [-0.4, -0.2) is 80.4 Å². The van der Waals surface area contributed by atoms with Gasteiger partial charge in [0.05, 0.1) is 24.9 Å². The Bertz CT molecular complexity index is 661. The number of Topliss-reactive ketones (excluding diaryl/α,β-unsaturated/α-hetero) is 1. The van der Waals surface area contributed by atoms with Crippen molar-refractivity contribution in [2.24, 2.45) is 11.7 Å². The first kappa shape index (κ1) is 22.0. The van der Waals surface area contributed by atoms with Crippen molar-refractivity contribution in [2.75, 3.05) is 6.54 Å². The van der Waals surface area contributed by atoms with Crippen LogP contribution >= 0.6 is 0 Å². The number of carbonyl (C=O) groups excluding carboxylic acids is 3. The maximum atomic E-state index is 12.6. The van der Waals surface area contributed by atoms with Crippen LogP contribution < -0.4 is 11.1 Å². The minimum Gasteiger partial charge on any atom is -0.481 e. The largest absolute Gasteiger partial charge is 0.481 e. The molecule has 0 saturated carbocycles. The summed E-state index contributed by atoms with van der Waals surface area (Å²) in [5, 5.41) is 29.1. The molecule has 27 heavy (non-hydrogen) atoms. The molecular weight excluding hydrogens is 366 g/mol. The highest BCUT2D eigenvalue weighted by molar-refractivity contribution is 5.98. The molecule has 1 rings (SSSR count). The molecule has 0 bridgehead atoms. The maximum Gasteiger partial charge on any atom is 0.327 e. The molecule has 150 valence electrons. The van der Waals surface area contributed by atoms with E-state index in [0.29, 0.717) is 0 Å². The second-order valence-electron chi connectivity index (χ2n) is 6.25. The summed E-state index contributed by atoms with van der Waals surface area (Å²) in [4.78, 5) is 70.2. The van der Waals surface area contributed by atoms with E-state index in [0.717, 1.165) is 4.90 Å². The Hall–Kier alpha value is -3.02. The summed E-state index contributed by atoms with van der Waals surface area (Å²) in [5.74, 6) is -7.68. The zero-order valence-electron chi connectivity index (χ0n) is 14.5. The lowest BCUT2D eigenvalue weighted by Gasteiger charge is -2.24. The monoisotopic (exact) mass is 387 g/mol. The fraction of sp³-hybridized carbons (Fsp3) is 0.600. The van der Waals surface area contributed by atoms with E-state index in [1.54, 1.807) is 0 Å². The number of amides is 2. The molecule has 0 aliphatic carbocycles. The van der Waals surface area contributed by atoms with Gasteiger partial charge in [0.2, 0.25) is 11.8 Å². The first-order valence-corrected chi connectivity index (χ1v) is 7.99. The van der Waals surface area contributed by atoms with E-state index in [4.69, 9.17) is 21.1 Å². The summed E-state index contributed by atoms with van der Waals surface area (Å²) in [5.41, 5.74) is 5.38. The highest BCUT2D eigenvalue weighted by Gasteiger charge is 2.43. The van der Waals surface area contributed by atoms with Crippen LogP contribution in [0.15, 0.2) is 0 Å². The third kappa shape index (κ3) is 6.02. The third-order valence-electron chi connectivity index (χ3n) is 4.04. The third-order valence-corrected chi connectivity index (χ3v) is 4.04. The van der Waals surface area contributed by atoms with Crippen LogP contribution in [-0.2, 0) is 28.8 Å². The van der Waals surface area contributed by atoms with Gasteiger partial charge in [-0.1, -0.05) is 0 Å². The normalized spacial score (nSPS) is 19.9. The standard InChI is InChI=1S/C15H21N3O9/c1-6(16)14(25)17-8(3-11(20)21)13(24)7-2-10(19)18(5-7)9(15(26)27)4-12(22)23/h6-9H,2-5,16H2,1H3,(H,17,25)(H,20,21)(H,22,23)(H,26,27)/t6-,7-,8-,9-/m0/s1. The van der Waals surface area contributed by atoms with Crippen molar-refractivity contribution in [1.29, 1.82) is 0 Å². The molecule has 4 atom stereocenters. The quantitative estimate of drug-likeness (QED) is 0.269. The van der Waals surface area contributed by atoms with Gasteiger partial charge >= 0.3 is 17.9 Å². The van der Waals surface area contributed by atoms with Crippen molar-refractivity contribution in [3.8, 4) is 0 Å². The summed E-state index contributed by atoms with van der Waals surface area (Å²) in [7, 11) is 0. The second-order valence-corrected chi connectivity index (χ2v) is 6.25. The Kier molecular flexibility index (Phi) is 7.40. The van der Waals surface area contributed by atoms with Gasteiger partial charge in [0.25, 0.3) is 0 Å². The number of nitrogens with zero attached hydrogens (tertiary/aromatic N) is 1. The number of carbonyl (C=O) groups is 6.